The molecule has 0 saturated carbocycles. The highest BCUT2D eigenvalue weighted by Crippen LogP contribution is 2.25. The van der Waals surface area contributed by atoms with Crippen LogP contribution < -0.4 is 4.90 Å². The lowest BCUT2D eigenvalue weighted by Crippen LogP contribution is -2.49. The summed E-state index contributed by atoms with van der Waals surface area (Å²) < 4.78 is 21.3. The van der Waals surface area contributed by atoms with Crippen molar-refractivity contribution in [3.05, 3.63) is 61.1 Å². The van der Waals surface area contributed by atoms with Gasteiger partial charge in [-0.2, -0.15) is 0 Å². The Hall–Kier alpha value is -3.07. The highest BCUT2D eigenvalue weighted by atomic mass is 32.2. The van der Waals surface area contributed by atoms with E-state index >= 15 is 0 Å². The molecule has 0 aliphatic carbocycles. The summed E-state index contributed by atoms with van der Waals surface area (Å²) in [6.45, 7) is 6.63. The maximum atomic E-state index is 14.0. The first kappa shape index (κ1) is 20.2. The zero-order valence-electron chi connectivity index (χ0n) is 16.4. The quantitative estimate of drug-likeness (QED) is 0.426. The third-order valence-electron chi connectivity index (χ3n) is 4.92. The molecule has 3 heterocycles. The average molecular weight is 428 g/mol. The average Bonchev–Trinajstić information content (AvgIpc) is 3.43. The number of hydrogen-bond donors (Lipinski definition) is 0. The number of furan rings is 1. The zero-order chi connectivity index (χ0) is 20.9. The molecule has 1 fully saturated rings. The summed E-state index contributed by atoms with van der Waals surface area (Å²) in [5, 5.41) is 9.06. The number of amides is 1. The van der Waals surface area contributed by atoms with Gasteiger partial charge in [0.05, 0.1) is 17.7 Å². The molecule has 0 N–H and O–H groups in total. The van der Waals surface area contributed by atoms with Crippen LogP contribution in [0.25, 0.3) is 11.6 Å². The molecule has 0 atom stereocenters. The van der Waals surface area contributed by atoms with Crippen LogP contribution >= 0.6 is 11.8 Å². The fourth-order valence-corrected chi connectivity index (χ4v) is 4.25. The maximum Gasteiger partial charge on any atom is 0.233 e. The standard InChI is InChI=1S/C21H22FN5O2S/c1-2-9-27-20(18-8-5-14-29-18)23-24-21(27)30-15-19(28)26-12-10-25(11-13-26)17-7-4-3-6-16(17)22/h2-8,14H,1,9-13,15H2. The molecule has 9 heteroatoms. The highest BCUT2D eigenvalue weighted by Gasteiger charge is 2.24. The molecule has 1 saturated heterocycles. The molecule has 0 bridgehead atoms. The van der Waals surface area contributed by atoms with Crippen molar-refractivity contribution in [1.29, 1.82) is 0 Å². The van der Waals surface area contributed by atoms with Crippen molar-refractivity contribution < 1.29 is 13.6 Å². The van der Waals surface area contributed by atoms with Gasteiger partial charge in [0.2, 0.25) is 11.7 Å². The van der Waals surface area contributed by atoms with E-state index in [1.165, 1.54) is 17.8 Å². The number of halogens is 1. The van der Waals surface area contributed by atoms with Gasteiger partial charge < -0.3 is 14.2 Å². The van der Waals surface area contributed by atoms with E-state index in [9.17, 15) is 9.18 Å². The molecule has 1 aliphatic heterocycles. The molecule has 1 aliphatic rings. The summed E-state index contributed by atoms with van der Waals surface area (Å²) in [6.07, 6.45) is 3.34. The molecule has 1 aromatic carbocycles. The number of carbonyl (C=O) groups is 1. The first-order valence-electron chi connectivity index (χ1n) is 9.65. The molecular weight excluding hydrogens is 405 g/mol. The van der Waals surface area contributed by atoms with Gasteiger partial charge in [0.1, 0.15) is 5.82 Å². The van der Waals surface area contributed by atoms with Crippen LogP contribution in [0.1, 0.15) is 0 Å². The topological polar surface area (TPSA) is 67.4 Å². The number of para-hydroxylation sites is 1. The number of carbonyl (C=O) groups excluding carboxylic acids is 1. The van der Waals surface area contributed by atoms with Gasteiger partial charge in [-0.15, -0.1) is 16.8 Å². The number of aromatic nitrogens is 3. The number of piperazine rings is 1. The number of hydrogen-bond acceptors (Lipinski definition) is 6. The lowest BCUT2D eigenvalue weighted by atomic mass is 10.2. The number of anilines is 1. The zero-order valence-corrected chi connectivity index (χ0v) is 17.2. The fourth-order valence-electron chi connectivity index (χ4n) is 3.40. The van der Waals surface area contributed by atoms with Gasteiger partial charge in [-0.3, -0.25) is 9.36 Å². The Bertz CT molecular complexity index is 1010. The summed E-state index contributed by atoms with van der Waals surface area (Å²) in [5.74, 6) is 1.27. The van der Waals surface area contributed by atoms with Crippen LogP contribution in [-0.2, 0) is 11.3 Å². The van der Waals surface area contributed by atoms with E-state index in [4.69, 9.17) is 4.42 Å². The fraction of sp³-hybridized carbons (Fsp3) is 0.286. The van der Waals surface area contributed by atoms with Crippen molar-refractivity contribution >= 4 is 23.4 Å². The number of thioether (sulfide) groups is 1. The summed E-state index contributed by atoms with van der Waals surface area (Å²) in [4.78, 5) is 16.5. The molecule has 1 amide bonds. The Morgan fingerprint density at radius 2 is 1.97 bits per heavy atom. The van der Waals surface area contributed by atoms with Crippen LogP contribution in [0.2, 0.25) is 0 Å². The number of allylic oxidation sites excluding steroid dienone is 1. The molecule has 0 unspecified atom stereocenters. The first-order chi connectivity index (χ1) is 14.7. The molecule has 156 valence electrons. The van der Waals surface area contributed by atoms with Crippen molar-refractivity contribution in [3.8, 4) is 11.6 Å². The first-order valence-corrected chi connectivity index (χ1v) is 10.6. The number of benzene rings is 1. The van der Waals surface area contributed by atoms with E-state index < -0.39 is 0 Å². The van der Waals surface area contributed by atoms with Crippen molar-refractivity contribution in [2.75, 3.05) is 36.8 Å². The van der Waals surface area contributed by atoms with Crippen molar-refractivity contribution in [3.63, 3.8) is 0 Å². The van der Waals surface area contributed by atoms with E-state index in [1.54, 1.807) is 30.5 Å². The monoisotopic (exact) mass is 427 g/mol. The van der Waals surface area contributed by atoms with Crippen LogP contribution in [0.15, 0.2) is 64.9 Å². The van der Waals surface area contributed by atoms with Gasteiger partial charge >= 0.3 is 0 Å². The van der Waals surface area contributed by atoms with Crippen molar-refractivity contribution in [1.82, 2.24) is 19.7 Å². The molecule has 4 rings (SSSR count). The van der Waals surface area contributed by atoms with Gasteiger partial charge in [-0.1, -0.05) is 30.0 Å². The van der Waals surface area contributed by atoms with Crippen molar-refractivity contribution in [2.24, 2.45) is 0 Å². The Balaban J connectivity index is 1.35. The third kappa shape index (κ3) is 4.25. The Kier molecular flexibility index (Phi) is 6.18. The van der Waals surface area contributed by atoms with E-state index in [1.807, 2.05) is 26.5 Å². The lowest BCUT2D eigenvalue weighted by Gasteiger charge is -2.36. The smallest absolute Gasteiger partial charge is 0.233 e. The van der Waals surface area contributed by atoms with E-state index in [2.05, 4.69) is 16.8 Å². The SMILES string of the molecule is C=CCn1c(SCC(=O)N2CCN(c3ccccc3F)CC2)nnc1-c1ccco1. The highest BCUT2D eigenvalue weighted by molar-refractivity contribution is 7.99. The Morgan fingerprint density at radius 1 is 1.17 bits per heavy atom. The van der Waals surface area contributed by atoms with Crippen LogP contribution in [0.5, 0.6) is 0 Å². The molecule has 3 aromatic rings. The van der Waals surface area contributed by atoms with E-state index in [0.29, 0.717) is 55.2 Å². The molecular formula is C21H22FN5O2S. The lowest BCUT2D eigenvalue weighted by molar-refractivity contribution is -0.128. The second-order valence-electron chi connectivity index (χ2n) is 6.79. The van der Waals surface area contributed by atoms with Gasteiger partial charge in [-0.25, -0.2) is 4.39 Å². The molecule has 0 radical (unpaired) electrons. The largest absolute Gasteiger partial charge is 0.461 e. The number of nitrogens with zero attached hydrogens (tertiary/aromatic N) is 5. The predicted molar refractivity (Wildman–Crippen MR) is 114 cm³/mol. The van der Waals surface area contributed by atoms with Crippen LogP contribution in [0.4, 0.5) is 10.1 Å². The predicted octanol–water partition coefficient (Wildman–Crippen LogP) is 3.30. The van der Waals surface area contributed by atoms with Gasteiger partial charge in [0.15, 0.2) is 10.9 Å². The summed E-state index contributed by atoms with van der Waals surface area (Å²) >= 11 is 1.34. The normalized spacial score (nSPS) is 14.2. The third-order valence-corrected chi connectivity index (χ3v) is 5.87. The Labute approximate surface area is 178 Å². The Morgan fingerprint density at radius 3 is 2.67 bits per heavy atom. The van der Waals surface area contributed by atoms with Gasteiger partial charge in [0, 0.05) is 32.7 Å². The summed E-state index contributed by atoms with van der Waals surface area (Å²) in [6, 6.07) is 10.3. The van der Waals surface area contributed by atoms with Crippen LogP contribution in [0.3, 0.4) is 0 Å². The molecule has 7 nitrogen and oxygen atoms in total. The maximum absolute atomic E-state index is 14.0. The molecule has 30 heavy (non-hydrogen) atoms. The second kappa shape index (κ2) is 9.17. The van der Waals surface area contributed by atoms with Gasteiger partial charge in [0.25, 0.3) is 0 Å². The van der Waals surface area contributed by atoms with Crippen LogP contribution in [0, 0.1) is 5.82 Å². The van der Waals surface area contributed by atoms with Gasteiger partial charge in [-0.05, 0) is 24.3 Å². The second-order valence-corrected chi connectivity index (χ2v) is 7.73. The number of rotatable bonds is 7. The van der Waals surface area contributed by atoms with E-state index in [-0.39, 0.29) is 17.5 Å². The minimum absolute atomic E-state index is 0.0286. The molecule has 2 aromatic heterocycles. The summed E-state index contributed by atoms with van der Waals surface area (Å²) in [7, 11) is 0. The van der Waals surface area contributed by atoms with E-state index in [0.717, 1.165) is 0 Å². The molecule has 0 spiro atoms. The minimum atomic E-state index is -0.234. The van der Waals surface area contributed by atoms with Crippen LogP contribution in [-0.4, -0.2) is 57.5 Å². The van der Waals surface area contributed by atoms with Crippen molar-refractivity contribution in [2.45, 2.75) is 11.7 Å². The minimum Gasteiger partial charge on any atom is -0.461 e. The summed E-state index contributed by atoms with van der Waals surface area (Å²) in [5.41, 5.74) is 0.585.